The van der Waals surface area contributed by atoms with Crippen molar-refractivity contribution >= 4 is 38.2 Å². The van der Waals surface area contributed by atoms with E-state index in [1.165, 1.54) is 0 Å². The molecule has 0 saturated carbocycles. The first kappa shape index (κ1) is 16.6. The molecule has 3 aromatic rings. The highest BCUT2D eigenvalue weighted by atomic mass is 32.2. The van der Waals surface area contributed by atoms with E-state index in [1.54, 1.807) is 41.2 Å². The molecule has 4 rings (SSSR count). The fraction of sp³-hybridized carbons (Fsp3) is 0.222. The van der Waals surface area contributed by atoms with Crippen LogP contribution >= 0.6 is 0 Å². The fourth-order valence-electron chi connectivity index (χ4n) is 3.27. The van der Waals surface area contributed by atoms with Gasteiger partial charge in [0.05, 0.1) is 16.8 Å². The Morgan fingerprint density at radius 1 is 1.15 bits per heavy atom. The van der Waals surface area contributed by atoms with Crippen molar-refractivity contribution < 1.29 is 13.2 Å². The zero-order chi connectivity index (χ0) is 18.5. The summed E-state index contributed by atoms with van der Waals surface area (Å²) in [6.45, 7) is 3.61. The van der Waals surface area contributed by atoms with Gasteiger partial charge in [-0.2, -0.15) is 5.10 Å². The van der Waals surface area contributed by atoms with Crippen molar-refractivity contribution in [1.29, 1.82) is 0 Å². The Bertz CT molecular complexity index is 1110. The molecule has 0 bridgehead atoms. The molecular formula is C18H18N4O3S. The first-order valence-electron chi connectivity index (χ1n) is 8.27. The summed E-state index contributed by atoms with van der Waals surface area (Å²) >= 11 is 0. The van der Waals surface area contributed by atoms with Crippen molar-refractivity contribution in [3.63, 3.8) is 0 Å². The maximum atomic E-state index is 12.9. The Hall–Kier alpha value is -2.87. The summed E-state index contributed by atoms with van der Waals surface area (Å²) in [7, 11) is -3.75. The number of carbonyl (C=O) groups excluding carboxylic acids is 1. The summed E-state index contributed by atoms with van der Waals surface area (Å²) in [5, 5.41) is 8.41. The monoisotopic (exact) mass is 370 g/mol. The molecule has 0 saturated heterocycles. The molecule has 7 nitrogen and oxygen atoms in total. The van der Waals surface area contributed by atoms with Gasteiger partial charge in [0.25, 0.3) is 10.0 Å². The molecule has 1 amide bonds. The number of rotatable bonds is 4. The van der Waals surface area contributed by atoms with Crippen LogP contribution in [0.5, 0.6) is 0 Å². The molecule has 1 aliphatic heterocycles. The Morgan fingerprint density at radius 3 is 2.62 bits per heavy atom. The zero-order valence-corrected chi connectivity index (χ0v) is 15.2. The van der Waals surface area contributed by atoms with Crippen LogP contribution in [0.15, 0.2) is 53.6 Å². The molecule has 0 fully saturated rings. The van der Waals surface area contributed by atoms with E-state index in [1.807, 2.05) is 26.0 Å². The predicted molar refractivity (Wildman–Crippen MR) is 99.7 cm³/mol. The molecule has 0 radical (unpaired) electrons. The Morgan fingerprint density at radius 2 is 1.88 bits per heavy atom. The quantitative estimate of drug-likeness (QED) is 0.765. The molecule has 1 N–H and O–H groups in total. The van der Waals surface area contributed by atoms with Crippen LogP contribution in [0.1, 0.15) is 19.9 Å². The van der Waals surface area contributed by atoms with E-state index in [2.05, 4.69) is 10.4 Å². The molecule has 2 heterocycles. The molecule has 0 atom stereocenters. The summed E-state index contributed by atoms with van der Waals surface area (Å²) in [5.74, 6) is 0.123. The lowest BCUT2D eigenvalue weighted by atomic mass is 10.1. The van der Waals surface area contributed by atoms with E-state index >= 15 is 0 Å². The van der Waals surface area contributed by atoms with Gasteiger partial charge in [0, 0.05) is 17.5 Å². The van der Waals surface area contributed by atoms with Crippen molar-refractivity contribution in [2.75, 3.05) is 16.2 Å². The molecule has 2 aromatic carbocycles. The average molecular weight is 370 g/mol. The minimum absolute atomic E-state index is 0.0776. The summed E-state index contributed by atoms with van der Waals surface area (Å²) in [6.07, 6.45) is 1.60. The third-order valence-electron chi connectivity index (χ3n) is 4.40. The van der Waals surface area contributed by atoms with Gasteiger partial charge in [0.2, 0.25) is 5.91 Å². The number of benzene rings is 2. The second-order valence-electron chi connectivity index (χ2n) is 6.45. The summed E-state index contributed by atoms with van der Waals surface area (Å²) in [5.41, 5.74) is 0.533. The Kier molecular flexibility index (Phi) is 3.73. The summed E-state index contributed by atoms with van der Waals surface area (Å²) in [4.78, 5) is 12.8. The third-order valence-corrected chi connectivity index (χ3v) is 6.20. The van der Waals surface area contributed by atoms with E-state index in [4.69, 9.17) is 0 Å². The van der Waals surface area contributed by atoms with Gasteiger partial charge in [-0.1, -0.05) is 24.3 Å². The van der Waals surface area contributed by atoms with E-state index in [-0.39, 0.29) is 17.5 Å². The van der Waals surface area contributed by atoms with E-state index < -0.39 is 15.9 Å². The van der Waals surface area contributed by atoms with Crippen molar-refractivity contribution in [3.05, 3.63) is 48.7 Å². The minimum atomic E-state index is -3.75. The lowest BCUT2D eigenvalue weighted by molar-refractivity contribution is -0.114. The number of sulfonamides is 1. The van der Waals surface area contributed by atoms with Crippen molar-refractivity contribution in [3.8, 4) is 0 Å². The minimum Gasteiger partial charge on any atom is -0.309 e. The molecular weight excluding hydrogens is 352 g/mol. The first-order valence-corrected chi connectivity index (χ1v) is 9.71. The predicted octanol–water partition coefficient (Wildman–Crippen LogP) is 2.76. The highest BCUT2D eigenvalue weighted by Gasteiger charge is 2.36. The van der Waals surface area contributed by atoms with Gasteiger partial charge in [0.1, 0.15) is 12.4 Å². The largest absolute Gasteiger partial charge is 0.309 e. The van der Waals surface area contributed by atoms with E-state index in [0.717, 1.165) is 9.69 Å². The lowest BCUT2D eigenvalue weighted by Crippen LogP contribution is -2.36. The van der Waals surface area contributed by atoms with Crippen LogP contribution in [0.3, 0.4) is 0 Å². The smallest absolute Gasteiger partial charge is 0.265 e. The maximum absolute atomic E-state index is 12.9. The number of hydrogen-bond donors (Lipinski definition) is 1. The lowest BCUT2D eigenvalue weighted by Gasteiger charge is -2.19. The standard InChI is InChI=1S/C18H18N4O3S/c1-12(2)22-16(9-10-19-22)20-17(23)11-21-14-7-3-5-13-6-4-8-15(18(13)14)26(21,24)25/h3-10,12H,11H2,1-2H3,(H,20,23). The Labute approximate surface area is 151 Å². The van der Waals surface area contributed by atoms with Crippen LogP contribution in [-0.4, -0.2) is 30.7 Å². The van der Waals surface area contributed by atoms with Crippen molar-refractivity contribution in [2.24, 2.45) is 0 Å². The van der Waals surface area contributed by atoms with Gasteiger partial charge in [-0.25, -0.2) is 13.1 Å². The van der Waals surface area contributed by atoms with Gasteiger partial charge in [-0.15, -0.1) is 0 Å². The summed E-state index contributed by atoms with van der Waals surface area (Å²) in [6, 6.07) is 12.3. The number of anilines is 2. The van der Waals surface area contributed by atoms with Crippen molar-refractivity contribution in [1.82, 2.24) is 9.78 Å². The number of amides is 1. The zero-order valence-electron chi connectivity index (χ0n) is 14.4. The molecule has 134 valence electrons. The average Bonchev–Trinajstić information content (AvgIpc) is 3.14. The Balaban J connectivity index is 1.66. The molecule has 0 aliphatic carbocycles. The number of carbonyl (C=O) groups is 1. The molecule has 8 heteroatoms. The number of nitrogens with one attached hydrogen (secondary N) is 1. The second kappa shape index (κ2) is 5.84. The number of aromatic nitrogens is 2. The number of hydrogen-bond acceptors (Lipinski definition) is 4. The fourth-order valence-corrected chi connectivity index (χ4v) is 4.93. The molecule has 0 unspecified atom stereocenters. The molecule has 1 aromatic heterocycles. The molecule has 0 spiro atoms. The second-order valence-corrected chi connectivity index (χ2v) is 8.28. The normalized spacial score (nSPS) is 15.0. The summed E-state index contributed by atoms with van der Waals surface area (Å²) < 4.78 is 28.6. The van der Waals surface area contributed by atoms with Gasteiger partial charge in [0.15, 0.2) is 0 Å². The van der Waals surface area contributed by atoms with Crippen LogP contribution in [0.2, 0.25) is 0 Å². The maximum Gasteiger partial charge on any atom is 0.265 e. The highest BCUT2D eigenvalue weighted by molar-refractivity contribution is 7.93. The van der Waals surface area contributed by atoms with Crippen LogP contribution in [0.25, 0.3) is 10.8 Å². The highest BCUT2D eigenvalue weighted by Crippen LogP contribution is 2.41. The van der Waals surface area contributed by atoms with Crippen LogP contribution in [0, 0.1) is 0 Å². The SMILES string of the molecule is CC(C)n1nccc1NC(=O)CN1c2cccc3cccc(c23)S1(=O)=O. The third kappa shape index (κ3) is 2.45. The van der Waals surface area contributed by atoms with Crippen LogP contribution < -0.4 is 9.62 Å². The van der Waals surface area contributed by atoms with Crippen molar-refractivity contribution in [2.45, 2.75) is 24.8 Å². The first-order chi connectivity index (χ1) is 12.4. The van der Waals surface area contributed by atoms with Gasteiger partial charge in [-0.05, 0) is 31.4 Å². The van der Waals surface area contributed by atoms with Gasteiger partial charge < -0.3 is 5.32 Å². The topological polar surface area (TPSA) is 84.3 Å². The molecule has 1 aliphatic rings. The van der Waals surface area contributed by atoms with E-state index in [9.17, 15) is 13.2 Å². The van der Waals surface area contributed by atoms with Gasteiger partial charge in [-0.3, -0.25) is 9.10 Å². The van der Waals surface area contributed by atoms with Crippen LogP contribution in [0.4, 0.5) is 11.5 Å². The van der Waals surface area contributed by atoms with E-state index in [0.29, 0.717) is 16.9 Å². The van der Waals surface area contributed by atoms with Gasteiger partial charge >= 0.3 is 0 Å². The number of nitrogens with zero attached hydrogens (tertiary/aromatic N) is 3. The van der Waals surface area contributed by atoms with Crippen LogP contribution in [-0.2, 0) is 14.8 Å². The molecule has 26 heavy (non-hydrogen) atoms.